The van der Waals surface area contributed by atoms with Crippen LogP contribution in [0.4, 0.5) is 5.13 Å². The van der Waals surface area contributed by atoms with E-state index in [1.54, 1.807) is 23.9 Å². The molecule has 7 nitrogen and oxygen atoms in total. The normalized spacial score (nSPS) is 10.3. The molecule has 0 aliphatic rings. The van der Waals surface area contributed by atoms with Crippen molar-refractivity contribution in [2.24, 2.45) is 0 Å². The van der Waals surface area contributed by atoms with Gasteiger partial charge in [-0.3, -0.25) is 10.1 Å². The number of amides is 1. The lowest BCUT2D eigenvalue weighted by Crippen LogP contribution is -2.13. The Hall–Kier alpha value is -2.00. The van der Waals surface area contributed by atoms with Crippen molar-refractivity contribution in [1.82, 2.24) is 10.2 Å². The summed E-state index contributed by atoms with van der Waals surface area (Å²) in [5.41, 5.74) is 0.324. The van der Waals surface area contributed by atoms with Crippen LogP contribution in [0.3, 0.4) is 0 Å². The summed E-state index contributed by atoms with van der Waals surface area (Å²) in [5.74, 6) is 1.69. The number of thioether (sulfide) groups is 1. The van der Waals surface area contributed by atoms with Gasteiger partial charge >= 0.3 is 0 Å². The fourth-order valence-electron chi connectivity index (χ4n) is 1.89. The van der Waals surface area contributed by atoms with Gasteiger partial charge in [-0.05, 0) is 17.9 Å². The first kappa shape index (κ1) is 17.4. The van der Waals surface area contributed by atoms with Crippen molar-refractivity contribution in [3.63, 3.8) is 0 Å². The Bertz CT molecular complexity index is 691. The van der Waals surface area contributed by atoms with E-state index < -0.39 is 0 Å². The van der Waals surface area contributed by atoms with Gasteiger partial charge in [0, 0.05) is 0 Å². The van der Waals surface area contributed by atoms with Crippen LogP contribution in [0.2, 0.25) is 0 Å². The third kappa shape index (κ3) is 3.85. The molecule has 2 rings (SSSR count). The number of hydrogen-bond donors (Lipinski definition) is 1. The summed E-state index contributed by atoms with van der Waals surface area (Å²) < 4.78 is 16.6. The number of methoxy groups -OCH3 is 3. The molecule has 0 fully saturated rings. The summed E-state index contributed by atoms with van der Waals surface area (Å²) in [6, 6.07) is 3.26. The Kier molecular flexibility index (Phi) is 6.05. The monoisotopic (exact) mass is 355 g/mol. The molecule has 1 aromatic carbocycles. The zero-order valence-electron chi connectivity index (χ0n) is 13.2. The zero-order valence-corrected chi connectivity index (χ0v) is 14.8. The summed E-state index contributed by atoms with van der Waals surface area (Å²) in [7, 11) is 4.47. The molecule has 124 valence electrons. The van der Waals surface area contributed by atoms with Crippen LogP contribution in [0.1, 0.15) is 17.3 Å². The number of carbonyl (C=O) groups excluding carboxylic acids is 1. The fraction of sp³-hybridized carbons (Fsp3) is 0.357. The standard InChI is InChI=1S/C14H17N3O4S2/c1-5-22-14-17-16-13(23-14)15-12(18)8-6-7-9(19-2)11(21-4)10(8)20-3/h6-7H,5H2,1-4H3,(H,15,16,18). The van der Waals surface area contributed by atoms with Crippen molar-refractivity contribution in [3.8, 4) is 17.2 Å². The average Bonchev–Trinajstić information content (AvgIpc) is 3.00. The number of nitrogens with one attached hydrogen (secondary N) is 1. The van der Waals surface area contributed by atoms with Gasteiger partial charge in [0.05, 0.1) is 26.9 Å². The van der Waals surface area contributed by atoms with Crippen molar-refractivity contribution in [3.05, 3.63) is 17.7 Å². The minimum absolute atomic E-state index is 0.303. The minimum Gasteiger partial charge on any atom is -0.493 e. The van der Waals surface area contributed by atoms with Crippen LogP contribution in [0.25, 0.3) is 0 Å². The second-order valence-electron chi connectivity index (χ2n) is 4.14. The van der Waals surface area contributed by atoms with Gasteiger partial charge in [0.15, 0.2) is 15.8 Å². The highest BCUT2D eigenvalue weighted by atomic mass is 32.2. The van der Waals surface area contributed by atoms with Crippen molar-refractivity contribution < 1.29 is 19.0 Å². The van der Waals surface area contributed by atoms with Crippen LogP contribution in [-0.2, 0) is 0 Å². The highest BCUT2D eigenvalue weighted by molar-refractivity contribution is 8.01. The molecule has 1 heterocycles. The summed E-state index contributed by atoms with van der Waals surface area (Å²) in [5, 5.41) is 11.1. The molecule has 9 heteroatoms. The maximum Gasteiger partial charge on any atom is 0.261 e. The number of carbonyl (C=O) groups is 1. The molecule has 0 spiro atoms. The van der Waals surface area contributed by atoms with E-state index in [0.29, 0.717) is 27.9 Å². The lowest BCUT2D eigenvalue weighted by atomic mass is 10.1. The Morgan fingerprint density at radius 1 is 1.17 bits per heavy atom. The predicted octanol–water partition coefficient (Wildman–Crippen LogP) is 2.93. The minimum atomic E-state index is -0.355. The third-order valence-electron chi connectivity index (χ3n) is 2.84. The summed E-state index contributed by atoms with van der Waals surface area (Å²) in [6.07, 6.45) is 0. The van der Waals surface area contributed by atoms with Crippen LogP contribution >= 0.6 is 23.1 Å². The summed E-state index contributed by atoms with van der Waals surface area (Å²) >= 11 is 2.89. The molecule has 1 amide bonds. The summed E-state index contributed by atoms with van der Waals surface area (Å²) in [6.45, 7) is 2.03. The Labute approximate surface area is 142 Å². The molecule has 2 aromatic rings. The van der Waals surface area contributed by atoms with Crippen molar-refractivity contribution in [2.75, 3.05) is 32.4 Å². The highest BCUT2D eigenvalue weighted by Crippen LogP contribution is 2.40. The molecule has 0 unspecified atom stereocenters. The zero-order chi connectivity index (χ0) is 16.8. The van der Waals surface area contributed by atoms with Gasteiger partial charge in [-0.25, -0.2) is 0 Å². The quantitative estimate of drug-likeness (QED) is 0.604. The van der Waals surface area contributed by atoms with E-state index >= 15 is 0 Å². The van der Waals surface area contributed by atoms with Crippen LogP contribution < -0.4 is 19.5 Å². The van der Waals surface area contributed by atoms with Gasteiger partial charge in [-0.15, -0.1) is 10.2 Å². The first-order valence-electron chi connectivity index (χ1n) is 6.71. The smallest absolute Gasteiger partial charge is 0.261 e. The van der Waals surface area contributed by atoms with Crippen molar-refractivity contribution >= 4 is 34.1 Å². The van der Waals surface area contributed by atoms with E-state index in [2.05, 4.69) is 15.5 Å². The molecule has 0 bridgehead atoms. The molecule has 0 aliphatic carbocycles. The van der Waals surface area contributed by atoms with E-state index in [9.17, 15) is 4.79 Å². The van der Waals surface area contributed by atoms with Gasteiger partial charge in [0.1, 0.15) is 0 Å². The van der Waals surface area contributed by atoms with Gasteiger partial charge in [-0.2, -0.15) is 0 Å². The number of aromatic nitrogens is 2. The molecule has 1 N–H and O–H groups in total. The maximum atomic E-state index is 12.5. The average molecular weight is 355 g/mol. The van der Waals surface area contributed by atoms with Crippen LogP contribution in [0.15, 0.2) is 16.5 Å². The maximum absolute atomic E-state index is 12.5. The molecule has 0 atom stereocenters. The first-order valence-corrected chi connectivity index (χ1v) is 8.51. The Balaban J connectivity index is 2.27. The van der Waals surface area contributed by atoms with E-state index in [-0.39, 0.29) is 5.91 Å². The van der Waals surface area contributed by atoms with Gasteiger partial charge in [0.2, 0.25) is 10.9 Å². The largest absolute Gasteiger partial charge is 0.493 e. The Morgan fingerprint density at radius 2 is 1.91 bits per heavy atom. The van der Waals surface area contributed by atoms with Gasteiger partial charge < -0.3 is 14.2 Å². The van der Waals surface area contributed by atoms with E-state index in [1.807, 2.05) is 6.92 Å². The molecule has 0 saturated heterocycles. The van der Waals surface area contributed by atoms with Gasteiger partial charge in [-0.1, -0.05) is 30.0 Å². The summed E-state index contributed by atoms with van der Waals surface area (Å²) in [4.78, 5) is 12.5. The molecular weight excluding hydrogens is 338 g/mol. The molecule has 0 aliphatic heterocycles. The molecular formula is C14H17N3O4S2. The lowest BCUT2D eigenvalue weighted by molar-refractivity contribution is 0.102. The van der Waals surface area contributed by atoms with Crippen LogP contribution in [0, 0.1) is 0 Å². The molecule has 0 saturated carbocycles. The third-order valence-corrected chi connectivity index (χ3v) is 4.70. The van der Waals surface area contributed by atoms with Gasteiger partial charge in [0.25, 0.3) is 5.91 Å². The number of nitrogens with zero attached hydrogens (tertiary/aromatic N) is 2. The number of hydrogen-bond acceptors (Lipinski definition) is 8. The first-order chi connectivity index (χ1) is 11.1. The van der Waals surface area contributed by atoms with Crippen LogP contribution in [-0.4, -0.2) is 43.2 Å². The van der Waals surface area contributed by atoms with E-state index in [0.717, 1.165) is 10.1 Å². The van der Waals surface area contributed by atoms with Crippen molar-refractivity contribution in [1.29, 1.82) is 0 Å². The lowest BCUT2D eigenvalue weighted by Gasteiger charge is -2.14. The number of benzene rings is 1. The predicted molar refractivity (Wildman–Crippen MR) is 90.4 cm³/mol. The number of ether oxygens (including phenoxy) is 3. The number of anilines is 1. The van der Waals surface area contributed by atoms with Crippen molar-refractivity contribution in [2.45, 2.75) is 11.3 Å². The molecule has 23 heavy (non-hydrogen) atoms. The van der Waals surface area contributed by atoms with E-state index in [1.165, 1.54) is 32.7 Å². The fourth-order valence-corrected chi connectivity index (χ4v) is 3.53. The SMILES string of the molecule is CCSc1nnc(NC(=O)c2ccc(OC)c(OC)c2OC)s1. The topological polar surface area (TPSA) is 82.6 Å². The second-order valence-corrected chi connectivity index (χ2v) is 6.63. The highest BCUT2D eigenvalue weighted by Gasteiger charge is 2.21. The van der Waals surface area contributed by atoms with Crippen LogP contribution in [0.5, 0.6) is 17.2 Å². The second kappa shape index (κ2) is 8.02. The number of rotatable bonds is 7. The van der Waals surface area contributed by atoms with E-state index in [4.69, 9.17) is 14.2 Å². The molecule has 1 aromatic heterocycles. The molecule has 0 radical (unpaired) electrons. The Morgan fingerprint density at radius 3 is 2.52 bits per heavy atom.